The fourth-order valence-electron chi connectivity index (χ4n) is 4.48. The van der Waals surface area contributed by atoms with Crippen LogP contribution in [0.25, 0.3) is 0 Å². The Morgan fingerprint density at radius 1 is 0.969 bits per heavy atom. The smallest absolute Gasteiger partial charge is 0.338 e. The Hall–Kier alpha value is -3.48. The van der Waals surface area contributed by atoms with Crippen molar-refractivity contribution in [2.24, 2.45) is 17.8 Å². The summed E-state index contributed by atoms with van der Waals surface area (Å²) in [7, 11) is 1.50. The maximum atomic E-state index is 12.8. The van der Waals surface area contributed by atoms with Crippen molar-refractivity contribution in [3.8, 4) is 5.75 Å². The molecular formula is C25H25NO6. The number of fused-ring (bicyclic) bond motifs is 1. The number of methoxy groups -OCH3 is 1. The van der Waals surface area contributed by atoms with Gasteiger partial charge < -0.3 is 9.47 Å². The van der Waals surface area contributed by atoms with Crippen LogP contribution in [-0.2, 0) is 14.3 Å². The van der Waals surface area contributed by atoms with Crippen LogP contribution in [0.15, 0.2) is 48.5 Å². The molecule has 2 aromatic rings. The predicted octanol–water partition coefficient (Wildman–Crippen LogP) is 3.66. The maximum absolute atomic E-state index is 12.8. The highest BCUT2D eigenvalue weighted by atomic mass is 16.5. The Morgan fingerprint density at radius 2 is 1.69 bits per heavy atom. The molecule has 2 amide bonds. The molecule has 7 nitrogen and oxygen atoms in total. The second-order valence-electron chi connectivity index (χ2n) is 8.42. The van der Waals surface area contributed by atoms with Gasteiger partial charge in [-0.25, -0.2) is 4.79 Å². The van der Waals surface area contributed by atoms with Crippen molar-refractivity contribution in [2.45, 2.75) is 26.2 Å². The van der Waals surface area contributed by atoms with Crippen molar-refractivity contribution in [1.29, 1.82) is 0 Å². The highest BCUT2D eigenvalue weighted by Crippen LogP contribution is 2.42. The highest BCUT2D eigenvalue weighted by Gasteiger charge is 2.49. The molecule has 3 atom stereocenters. The van der Waals surface area contributed by atoms with E-state index < -0.39 is 12.6 Å². The van der Waals surface area contributed by atoms with Crippen molar-refractivity contribution in [1.82, 2.24) is 0 Å². The number of benzene rings is 2. The molecule has 0 N–H and O–H groups in total. The number of amides is 2. The van der Waals surface area contributed by atoms with Gasteiger partial charge in [0.25, 0.3) is 0 Å². The molecule has 0 bridgehead atoms. The third kappa shape index (κ3) is 4.15. The molecule has 1 heterocycles. The van der Waals surface area contributed by atoms with Gasteiger partial charge >= 0.3 is 5.97 Å². The minimum Gasteiger partial charge on any atom is -0.497 e. The Bertz CT molecular complexity index is 1060. The zero-order chi connectivity index (χ0) is 22.8. The standard InChI is InChI=1S/C25H25NO6/c1-15-6-11-20-21(12-15)24(29)26(23(20)28)18-9-7-16(8-10-18)25(30)32-14-22(27)17-4-3-5-19(13-17)31-2/h3-5,7-10,13,15,20-21H,6,11-12,14H2,1-2H3/t15-,20-,21-/m1/s1. The zero-order valence-corrected chi connectivity index (χ0v) is 18.1. The number of nitrogens with zero attached hydrogens (tertiary/aromatic N) is 1. The minimum atomic E-state index is -0.658. The normalized spacial score (nSPS) is 22.4. The van der Waals surface area contributed by atoms with Gasteiger partial charge in [-0.1, -0.05) is 19.1 Å². The molecule has 2 aliphatic rings. The predicted molar refractivity (Wildman–Crippen MR) is 117 cm³/mol. The third-order valence-corrected chi connectivity index (χ3v) is 6.27. The quantitative estimate of drug-likeness (QED) is 0.391. The van der Waals surface area contributed by atoms with Gasteiger partial charge in [-0.3, -0.25) is 19.3 Å². The SMILES string of the molecule is COc1cccc(C(=O)COC(=O)c2ccc(N3C(=O)[C@@H]4CC[C@@H](C)C[C@H]4C3=O)cc2)c1. The topological polar surface area (TPSA) is 90.0 Å². The molecule has 1 aliphatic carbocycles. The van der Waals surface area contributed by atoms with E-state index in [9.17, 15) is 19.2 Å². The van der Waals surface area contributed by atoms with Crippen LogP contribution in [0.4, 0.5) is 5.69 Å². The average Bonchev–Trinajstić information content (AvgIpc) is 3.06. The van der Waals surface area contributed by atoms with E-state index >= 15 is 0 Å². The summed E-state index contributed by atoms with van der Waals surface area (Å²) < 4.78 is 10.2. The van der Waals surface area contributed by atoms with Crippen molar-refractivity contribution >= 4 is 29.3 Å². The fourth-order valence-corrected chi connectivity index (χ4v) is 4.48. The first-order valence-electron chi connectivity index (χ1n) is 10.7. The van der Waals surface area contributed by atoms with Crippen LogP contribution >= 0.6 is 0 Å². The molecule has 1 aliphatic heterocycles. The first kappa shape index (κ1) is 21.7. The molecule has 0 radical (unpaired) electrons. The molecule has 7 heteroatoms. The number of esters is 1. The van der Waals surface area contributed by atoms with Crippen molar-refractivity contribution < 1.29 is 28.7 Å². The number of carbonyl (C=O) groups is 4. The summed E-state index contributed by atoms with van der Waals surface area (Å²) in [5, 5.41) is 0. The molecule has 1 saturated carbocycles. The molecule has 1 saturated heterocycles. The number of anilines is 1. The van der Waals surface area contributed by atoms with E-state index in [-0.39, 0.29) is 35.0 Å². The van der Waals surface area contributed by atoms with Gasteiger partial charge in [0.1, 0.15) is 5.75 Å². The molecule has 4 rings (SSSR count). The molecule has 0 aromatic heterocycles. The summed E-state index contributed by atoms with van der Waals surface area (Å²) >= 11 is 0. The molecule has 2 aromatic carbocycles. The number of ether oxygens (including phenoxy) is 2. The van der Waals surface area contributed by atoms with E-state index in [4.69, 9.17) is 9.47 Å². The van der Waals surface area contributed by atoms with Gasteiger partial charge in [0.2, 0.25) is 11.8 Å². The van der Waals surface area contributed by atoms with Gasteiger partial charge in [0.15, 0.2) is 12.4 Å². The van der Waals surface area contributed by atoms with Crippen LogP contribution < -0.4 is 9.64 Å². The van der Waals surface area contributed by atoms with Gasteiger partial charge in [0.05, 0.1) is 30.2 Å². The number of carbonyl (C=O) groups excluding carboxylic acids is 4. The van der Waals surface area contributed by atoms with Crippen LogP contribution in [0.2, 0.25) is 0 Å². The Kier molecular flexibility index (Phi) is 6.08. The van der Waals surface area contributed by atoms with E-state index in [2.05, 4.69) is 6.92 Å². The van der Waals surface area contributed by atoms with Crippen molar-refractivity contribution in [2.75, 3.05) is 18.6 Å². The van der Waals surface area contributed by atoms with E-state index in [1.807, 2.05) is 0 Å². The molecular weight excluding hydrogens is 410 g/mol. The monoisotopic (exact) mass is 435 g/mol. The number of hydrogen-bond donors (Lipinski definition) is 0. The molecule has 2 fully saturated rings. The summed E-state index contributed by atoms with van der Waals surface area (Å²) in [6, 6.07) is 12.7. The van der Waals surface area contributed by atoms with Crippen LogP contribution in [0.3, 0.4) is 0 Å². The van der Waals surface area contributed by atoms with E-state index in [0.29, 0.717) is 22.9 Å². The van der Waals surface area contributed by atoms with Crippen molar-refractivity contribution in [3.05, 3.63) is 59.7 Å². The van der Waals surface area contributed by atoms with E-state index in [1.165, 1.54) is 24.1 Å². The first-order chi connectivity index (χ1) is 15.4. The number of Topliss-reactive ketones (excluding diaryl/α,β-unsaturated/α-hetero) is 1. The van der Waals surface area contributed by atoms with Crippen molar-refractivity contribution in [3.63, 3.8) is 0 Å². The molecule has 166 valence electrons. The molecule has 0 unspecified atom stereocenters. The third-order valence-electron chi connectivity index (χ3n) is 6.27. The van der Waals surface area contributed by atoms with E-state index in [0.717, 1.165) is 19.3 Å². The summed E-state index contributed by atoms with van der Waals surface area (Å²) in [5.41, 5.74) is 1.07. The second kappa shape index (κ2) is 8.94. The van der Waals surface area contributed by atoms with Gasteiger partial charge in [0, 0.05) is 5.56 Å². The molecule has 32 heavy (non-hydrogen) atoms. The van der Waals surface area contributed by atoms with Crippen LogP contribution in [0.5, 0.6) is 5.75 Å². The number of rotatable bonds is 6. The number of hydrogen-bond acceptors (Lipinski definition) is 6. The lowest BCUT2D eigenvalue weighted by molar-refractivity contribution is -0.122. The fraction of sp³-hybridized carbons (Fsp3) is 0.360. The van der Waals surface area contributed by atoms with E-state index in [1.54, 1.807) is 36.4 Å². The van der Waals surface area contributed by atoms with Gasteiger partial charge in [-0.2, -0.15) is 0 Å². The first-order valence-corrected chi connectivity index (χ1v) is 10.7. The van der Waals surface area contributed by atoms with Crippen LogP contribution in [0, 0.1) is 17.8 Å². The lowest BCUT2D eigenvalue weighted by atomic mass is 9.76. The van der Waals surface area contributed by atoms with Crippen LogP contribution in [-0.4, -0.2) is 37.3 Å². The minimum absolute atomic E-state index is 0.161. The largest absolute Gasteiger partial charge is 0.497 e. The lowest BCUT2D eigenvalue weighted by Gasteiger charge is -2.25. The Balaban J connectivity index is 1.40. The zero-order valence-electron chi connectivity index (χ0n) is 18.1. The van der Waals surface area contributed by atoms with Gasteiger partial charge in [-0.15, -0.1) is 0 Å². The summed E-state index contributed by atoms with van der Waals surface area (Å²) in [6.07, 6.45) is 2.42. The second-order valence-corrected chi connectivity index (χ2v) is 8.42. The Morgan fingerprint density at radius 3 is 2.41 bits per heavy atom. The average molecular weight is 435 g/mol. The molecule has 0 spiro atoms. The Labute approximate surface area is 186 Å². The summed E-state index contributed by atoms with van der Waals surface area (Å²) in [4.78, 5) is 51.5. The van der Waals surface area contributed by atoms with Crippen LogP contribution in [0.1, 0.15) is 46.9 Å². The summed E-state index contributed by atoms with van der Waals surface area (Å²) in [5.74, 6) is -0.850. The maximum Gasteiger partial charge on any atom is 0.338 e. The van der Waals surface area contributed by atoms with Gasteiger partial charge in [-0.05, 0) is 61.6 Å². The summed E-state index contributed by atoms with van der Waals surface area (Å²) in [6.45, 7) is 1.70. The highest BCUT2D eigenvalue weighted by molar-refractivity contribution is 6.22. The number of ketones is 1. The number of imide groups is 1. The lowest BCUT2D eigenvalue weighted by Crippen LogP contribution is -2.30.